The number of halogens is 1. The maximum Gasteiger partial charge on any atom is 0.242 e. The van der Waals surface area contributed by atoms with Crippen molar-refractivity contribution in [2.75, 3.05) is 39.4 Å². The molecule has 0 aliphatic carbocycles. The maximum absolute atomic E-state index is 13.3. The third kappa shape index (κ3) is 4.37. The van der Waals surface area contributed by atoms with Gasteiger partial charge in [0.2, 0.25) is 5.91 Å². The third-order valence-electron chi connectivity index (χ3n) is 5.36. The number of rotatable bonds is 4. The van der Waals surface area contributed by atoms with Gasteiger partial charge in [-0.15, -0.1) is 0 Å². The number of hydrogen-bond acceptors (Lipinski definition) is 4. The Morgan fingerprint density at radius 3 is 2.80 bits per heavy atom. The number of hydrogen-bond donors (Lipinski definition) is 1. The third-order valence-corrected chi connectivity index (χ3v) is 5.36. The topological polar surface area (TPSA) is 53.0 Å². The Balaban J connectivity index is 1.58. The molecule has 5 nitrogen and oxygen atoms in total. The van der Waals surface area contributed by atoms with Crippen molar-refractivity contribution in [1.82, 2.24) is 9.80 Å². The molecule has 0 bridgehead atoms. The number of carbonyl (C=O) groups excluding carboxylic acids is 1. The van der Waals surface area contributed by atoms with Crippen molar-refractivity contribution in [2.24, 2.45) is 0 Å². The summed E-state index contributed by atoms with van der Waals surface area (Å²) >= 11 is 0. The molecule has 0 radical (unpaired) electrons. The number of morpholine rings is 1. The van der Waals surface area contributed by atoms with E-state index in [1.165, 1.54) is 12.1 Å². The lowest BCUT2D eigenvalue weighted by Gasteiger charge is -2.42. The first-order valence-corrected chi connectivity index (χ1v) is 9.08. The molecule has 0 aromatic heterocycles. The highest BCUT2D eigenvalue weighted by molar-refractivity contribution is 5.82. The summed E-state index contributed by atoms with van der Waals surface area (Å²) in [5.41, 5.74) is -0.0851. The largest absolute Gasteiger partial charge is 0.389 e. The SMILES string of the molecule is CCN1CCOCC1C(=O)N1CCC(O)(Cc2cccc(F)c2)CC1. The molecular weight excluding hydrogens is 323 g/mol. The fraction of sp³-hybridized carbons (Fsp3) is 0.632. The van der Waals surface area contributed by atoms with Crippen LogP contribution < -0.4 is 0 Å². The van der Waals surface area contributed by atoms with Gasteiger partial charge in [-0.1, -0.05) is 19.1 Å². The Morgan fingerprint density at radius 1 is 1.36 bits per heavy atom. The average Bonchev–Trinajstić information content (AvgIpc) is 2.61. The molecule has 2 fully saturated rings. The van der Waals surface area contributed by atoms with Crippen LogP contribution in [-0.4, -0.2) is 71.8 Å². The highest BCUT2D eigenvalue weighted by Crippen LogP contribution is 2.27. The number of likely N-dealkylation sites (N-methyl/N-ethyl adjacent to an activating group) is 1. The smallest absolute Gasteiger partial charge is 0.242 e. The molecule has 25 heavy (non-hydrogen) atoms. The monoisotopic (exact) mass is 350 g/mol. The first-order chi connectivity index (χ1) is 12.0. The first kappa shape index (κ1) is 18.3. The van der Waals surface area contributed by atoms with E-state index in [1.54, 1.807) is 6.07 Å². The first-order valence-electron chi connectivity index (χ1n) is 9.08. The maximum atomic E-state index is 13.3. The van der Waals surface area contributed by atoms with Crippen LogP contribution in [0.1, 0.15) is 25.3 Å². The van der Waals surface area contributed by atoms with Crippen molar-refractivity contribution in [3.63, 3.8) is 0 Å². The van der Waals surface area contributed by atoms with E-state index in [9.17, 15) is 14.3 Å². The fourth-order valence-corrected chi connectivity index (χ4v) is 3.80. The van der Waals surface area contributed by atoms with Crippen LogP contribution in [-0.2, 0) is 16.0 Å². The highest BCUT2D eigenvalue weighted by Gasteiger charge is 2.38. The van der Waals surface area contributed by atoms with Gasteiger partial charge in [-0.05, 0) is 37.1 Å². The second-order valence-corrected chi connectivity index (χ2v) is 7.08. The van der Waals surface area contributed by atoms with Gasteiger partial charge >= 0.3 is 0 Å². The molecule has 138 valence electrons. The van der Waals surface area contributed by atoms with Gasteiger partial charge < -0.3 is 14.7 Å². The van der Waals surface area contributed by atoms with Crippen LogP contribution in [0.15, 0.2) is 24.3 Å². The van der Waals surface area contributed by atoms with Gasteiger partial charge in [-0.3, -0.25) is 9.69 Å². The Kier molecular flexibility index (Phi) is 5.71. The molecule has 1 atom stereocenters. The fourth-order valence-electron chi connectivity index (χ4n) is 3.80. The van der Waals surface area contributed by atoms with Crippen molar-refractivity contribution in [2.45, 2.75) is 37.8 Å². The minimum atomic E-state index is -0.877. The van der Waals surface area contributed by atoms with Crippen molar-refractivity contribution >= 4 is 5.91 Å². The van der Waals surface area contributed by atoms with Gasteiger partial charge in [0.05, 0.1) is 18.8 Å². The molecule has 1 amide bonds. The van der Waals surface area contributed by atoms with E-state index in [2.05, 4.69) is 11.8 Å². The van der Waals surface area contributed by atoms with Gasteiger partial charge in [0.15, 0.2) is 0 Å². The molecule has 3 rings (SSSR count). The minimum absolute atomic E-state index is 0.0920. The van der Waals surface area contributed by atoms with E-state index in [-0.39, 0.29) is 17.8 Å². The van der Waals surface area contributed by atoms with Crippen LogP contribution in [0.4, 0.5) is 4.39 Å². The number of benzene rings is 1. The molecule has 2 heterocycles. The summed E-state index contributed by atoms with van der Waals surface area (Å²) in [5.74, 6) is -0.194. The van der Waals surface area contributed by atoms with E-state index >= 15 is 0 Å². The normalized spacial score (nSPS) is 24.3. The molecule has 2 aliphatic rings. The van der Waals surface area contributed by atoms with Crippen LogP contribution in [0.3, 0.4) is 0 Å². The molecule has 0 saturated carbocycles. The number of carbonyl (C=O) groups is 1. The van der Waals surface area contributed by atoms with Crippen molar-refractivity contribution in [3.05, 3.63) is 35.6 Å². The zero-order chi connectivity index (χ0) is 17.9. The second kappa shape index (κ2) is 7.81. The zero-order valence-electron chi connectivity index (χ0n) is 14.8. The molecule has 0 spiro atoms. The van der Waals surface area contributed by atoms with Crippen LogP contribution in [0.2, 0.25) is 0 Å². The number of nitrogens with zero attached hydrogens (tertiary/aromatic N) is 2. The average molecular weight is 350 g/mol. The van der Waals surface area contributed by atoms with Crippen molar-refractivity contribution in [1.29, 1.82) is 0 Å². The van der Waals surface area contributed by atoms with E-state index in [4.69, 9.17) is 4.74 Å². The standard InChI is InChI=1S/C19H27FN2O3/c1-2-21-10-11-25-14-17(21)18(23)22-8-6-19(24,7-9-22)13-15-4-3-5-16(20)12-15/h3-5,12,17,24H,2,6-11,13-14H2,1H3. The number of amides is 1. The summed E-state index contributed by atoms with van der Waals surface area (Å²) < 4.78 is 18.8. The van der Waals surface area contributed by atoms with Crippen molar-refractivity contribution in [3.8, 4) is 0 Å². The number of ether oxygens (including phenoxy) is 1. The Hall–Kier alpha value is -1.50. The summed E-state index contributed by atoms with van der Waals surface area (Å²) in [4.78, 5) is 16.8. The summed E-state index contributed by atoms with van der Waals surface area (Å²) in [7, 11) is 0. The number of aliphatic hydroxyl groups is 1. The van der Waals surface area contributed by atoms with Gasteiger partial charge in [-0.25, -0.2) is 4.39 Å². The van der Waals surface area contributed by atoms with Crippen LogP contribution >= 0.6 is 0 Å². The molecule has 2 aliphatic heterocycles. The van der Waals surface area contributed by atoms with Crippen LogP contribution in [0, 0.1) is 5.82 Å². The number of likely N-dealkylation sites (tertiary alicyclic amines) is 1. The highest BCUT2D eigenvalue weighted by atomic mass is 19.1. The van der Waals surface area contributed by atoms with Gasteiger partial charge in [0, 0.05) is 26.1 Å². The molecule has 1 unspecified atom stereocenters. The lowest BCUT2D eigenvalue weighted by atomic mass is 9.85. The molecular formula is C19H27FN2O3. The van der Waals surface area contributed by atoms with E-state index in [1.807, 2.05) is 11.0 Å². The number of piperidine rings is 1. The summed E-state index contributed by atoms with van der Waals surface area (Å²) in [6.07, 6.45) is 1.43. The summed E-state index contributed by atoms with van der Waals surface area (Å²) in [6.45, 7) is 5.83. The van der Waals surface area contributed by atoms with E-state index < -0.39 is 5.60 Å². The predicted octanol–water partition coefficient (Wildman–Crippen LogP) is 1.44. The minimum Gasteiger partial charge on any atom is -0.389 e. The lowest BCUT2D eigenvalue weighted by Crippen LogP contribution is -2.57. The second-order valence-electron chi connectivity index (χ2n) is 7.08. The molecule has 1 aromatic rings. The van der Waals surface area contributed by atoms with Gasteiger partial charge in [0.1, 0.15) is 11.9 Å². The Labute approximate surface area is 148 Å². The molecule has 2 saturated heterocycles. The predicted molar refractivity (Wildman–Crippen MR) is 92.7 cm³/mol. The summed E-state index contributed by atoms with van der Waals surface area (Å²) in [6, 6.07) is 6.15. The van der Waals surface area contributed by atoms with Crippen molar-refractivity contribution < 1.29 is 19.0 Å². The molecule has 6 heteroatoms. The molecule has 1 N–H and O–H groups in total. The van der Waals surface area contributed by atoms with Gasteiger partial charge in [0.25, 0.3) is 0 Å². The van der Waals surface area contributed by atoms with Crippen LogP contribution in [0.25, 0.3) is 0 Å². The van der Waals surface area contributed by atoms with Gasteiger partial charge in [-0.2, -0.15) is 0 Å². The van der Waals surface area contributed by atoms with Crippen LogP contribution in [0.5, 0.6) is 0 Å². The Morgan fingerprint density at radius 2 is 2.12 bits per heavy atom. The quantitative estimate of drug-likeness (QED) is 0.893. The van der Waals surface area contributed by atoms with E-state index in [0.29, 0.717) is 45.6 Å². The summed E-state index contributed by atoms with van der Waals surface area (Å²) in [5, 5.41) is 10.8. The molecule has 1 aromatic carbocycles. The lowest BCUT2D eigenvalue weighted by molar-refractivity contribution is -0.147. The zero-order valence-corrected chi connectivity index (χ0v) is 14.8. The van der Waals surface area contributed by atoms with E-state index in [0.717, 1.165) is 18.7 Å². The Bertz CT molecular complexity index is 602.